The smallest absolute Gasteiger partial charge is 0.221 e. The number of hydrogen-bond donors (Lipinski definition) is 2. The summed E-state index contributed by atoms with van der Waals surface area (Å²) in [7, 11) is 0. The molecule has 1 aliphatic rings. The lowest BCUT2D eigenvalue weighted by molar-refractivity contribution is -0.114. The molecule has 1 saturated heterocycles. The van der Waals surface area contributed by atoms with Gasteiger partial charge in [-0.25, -0.2) is 0 Å². The average molecular weight is 306 g/mol. The van der Waals surface area contributed by atoms with Crippen molar-refractivity contribution in [1.82, 2.24) is 4.90 Å². The lowest BCUT2D eigenvalue weighted by atomic mass is 10.0. The van der Waals surface area contributed by atoms with Crippen LogP contribution in [0.3, 0.4) is 0 Å². The first-order chi connectivity index (χ1) is 10.5. The molecule has 0 radical (unpaired) electrons. The number of rotatable bonds is 6. The number of aliphatic hydroxyl groups excluding tert-OH is 1. The molecule has 122 valence electrons. The molecule has 0 spiro atoms. The highest BCUT2D eigenvalue weighted by Gasteiger charge is 2.20. The van der Waals surface area contributed by atoms with E-state index < -0.39 is 6.10 Å². The van der Waals surface area contributed by atoms with Crippen molar-refractivity contribution in [3.63, 3.8) is 0 Å². The number of likely N-dealkylation sites (tertiary alicyclic amines) is 1. The van der Waals surface area contributed by atoms with Crippen LogP contribution in [0.5, 0.6) is 5.75 Å². The van der Waals surface area contributed by atoms with E-state index in [4.69, 9.17) is 4.74 Å². The number of β-amino-alcohol motifs (C(OH)–C–C–N with tert-alkyl or cyclic N) is 1. The van der Waals surface area contributed by atoms with Crippen molar-refractivity contribution in [2.45, 2.75) is 45.3 Å². The Morgan fingerprint density at radius 1 is 1.41 bits per heavy atom. The molecule has 1 aromatic carbocycles. The zero-order valence-electron chi connectivity index (χ0n) is 13.4. The molecule has 0 unspecified atom stereocenters. The molecule has 1 aliphatic heterocycles. The van der Waals surface area contributed by atoms with Crippen LogP contribution >= 0.6 is 0 Å². The summed E-state index contributed by atoms with van der Waals surface area (Å²) in [6.45, 7) is 5.69. The highest BCUT2D eigenvalue weighted by molar-refractivity contribution is 5.88. The number of carbonyl (C=O) groups excluding carboxylic acids is 1. The van der Waals surface area contributed by atoms with E-state index in [1.165, 1.54) is 26.2 Å². The van der Waals surface area contributed by atoms with E-state index in [1.807, 2.05) is 0 Å². The zero-order valence-corrected chi connectivity index (χ0v) is 13.4. The summed E-state index contributed by atoms with van der Waals surface area (Å²) >= 11 is 0. The van der Waals surface area contributed by atoms with E-state index >= 15 is 0 Å². The Bertz CT molecular complexity index is 475. The Morgan fingerprint density at radius 3 is 2.77 bits per heavy atom. The predicted molar refractivity (Wildman–Crippen MR) is 87.1 cm³/mol. The maximum absolute atomic E-state index is 10.9. The van der Waals surface area contributed by atoms with Gasteiger partial charge in [-0.1, -0.05) is 6.42 Å². The highest BCUT2D eigenvalue weighted by Crippen LogP contribution is 2.18. The third-order valence-corrected chi connectivity index (χ3v) is 4.00. The summed E-state index contributed by atoms with van der Waals surface area (Å²) in [6, 6.07) is 7.70. The third kappa shape index (κ3) is 5.31. The van der Waals surface area contributed by atoms with E-state index in [-0.39, 0.29) is 12.5 Å². The molecular weight excluding hydrogens is 280 g/mol. The van der Waals surface area contributed by atoms with Crippen LogP contribution < -0.4 is 10.1 Å². The molecule has 0 saturated carbocycles. The van der Waals surface area contributed by atoms with Gasteiger partial charge in [-0.3, -0.25) is 9.69 Å². The van der Waals surface area contributed by atoms with Gasteiger partial charge in [-0.05, 0) is 50.6 Å². The molecule has 22 heavy (non-hydrogen) atoms. The van der Waals surface area contributed by atoms with Crippen molar-refractivity contribution >= 4 is 11.6 Å². The van der Waals surface area contributed by atoms with Gasteiger partial charge in [-0.2, -0.15) is 0 Å². The second kappa shape index (κ2) is 8.15. The van der Waals surface area contributed by atoms with E-state index in [0.29, 0.717) is 18.3 Å². The monoisotopic (exact) mass is 306 g/mol. The standard InChI is InChI=1S/C17H26N2O3/c1-13-5-3-4-10-19(13)11-16(21)12-22-17-8-6-15(7-9-17)18-14(2)20/h6-9,13,16,21H,3-5,10-12H2,1-2H3,(H,18,20)/t13-,16-/m0/s1. The molecule has 5 heteroatoms. The van der Waals surface area contributed by atoms with Crippen LogP contribution in [0.25, 0.3) is 0 Å². The lowest BCUT2D eigenvalue weighted by Crippen LogP contribution is -2.43. The summed E-state index contributed by atoms with van der Waals surface area (Å²) in [5, 5.41) is 12.8. The predicted octanol–water partition coefficient (Wildman–Crippen LogP) is 2.26. The lowest BCUT2D eigenvalue weighted by Gasteiger charge is -2.34. The third-order valence-electron chi connectivity index (χ3n) is 4.00. The Kier molecular flexibility index (Phi) is 6.21. The summed E-state index contributed by atoms with van der Waals surface area (Å²) in [5.74, 6) is 0.597. The minimum Gasteiger partial charge on any atom is -0.491 e. The van der Waals surface area contributed by atoms with Gasteiger partial charge in [0.2, 0.25) is 5.91 Å². The molecule has 1 aromatic rings. The molecule has 1 fully saturated rings. The van der Waals surface area contributed by atoms with Crippen molar-refractivity contribution in [3.8, 4) is 5.75 Å². The normalized spacial score (nSPS) is 20.4. The summed E-state index contributed by atoms with van der Waals surface area (Å²) in [4.78, 5) is 13.3. The number of nitrogens with one attached hydrogen (secondary N) is 1. The van der Waals surface area contributed by atoms with Gasteiger partial charge in [-0.15, -0.1) is 0 Å². The molecule has 0 aromatic heterocycles. The van der Waals surface area contributed by atoms with Crippen LogP contribution in [0.2, 0.25) is 0 Å². The maximum Gasteiger partial charge on any atom is 0.221 e. The minimum atomic E-state index is -0.490. The SMILES string of the molecule is CC(=O)Nc1ccc(OC[C@@H](O)CN2CCCC[C@@H]2C)cc1. The highest BCUT2D eigenvalue weighted by atomic mass is 16.5. The first-order valence-electron chi connectivity index (χ1n) is 7.97. The van der Waals surface area contributed by atoms with Crippen molar-refractivity contribution in [2.24, 2.45) is 0 Å². The van der Waals surface area contributed by atoms with Gasteiger partial charge < -0.3 is 15.2 Å². The summed E-state index contributed by atoms with van der Waals surface area (Å²) < 4.78 is 5.62. The van der Waals surface area contributed by atoms with Crippen LogP contribution in [-0.2, 0) is 4.79 Å². The molecule has 2 atom stereocenters. The first kappa shape index (κ1) is 16.8. The summed E-state index contributed by atoms with van der Waals surface area (Å²) in [5.41, 5.74) is 0.738. The fourth-order valence-electron chi connectivity index (χ4n) is 2.78. The van der Waals surface area contributed by atoms with E-state index in [1.54, 1.807) is 24.3 Å². The second-order valence-corrected chi connectivity index (χ2v) is 6.01. The van der Waals surface area contributed by atoms with Gasteiger partial charge in [0.25, 0.3) is 0 Å². The quantitative estimate of drug-likeness (QED) is 0.846. The fourth-order valence-corrected chi connectivity index (χ4v) is 2.78. The average Bonchev–Trinajstić information content (AvgIpc) is 2.48. The number of anilines is 1. The molecule has 0 aliphatic carbocycles. The van der Waals surface area contributed by atoms with Crippen LogP contribution in [0.15, 0.2) is 24.3 Å². The number of ether oxygens (including phenoxy) is 1. The molecule has 2 rings (SSSR count). The Labute approximate surface area is 132 Å². The van der Waals surface area contributed by atoms with Gasteiger partial charge in [0, 0.05) is 25.2 Å². The number of piperidine rings is 1. The number of carbonyl (C=O) groups is 1. The van der Waals surface area contributed by atoms with Gasteiger partial charge in [0.1, 0.15) is 18.5 Å². The molecule has 1 heterocycles. The van der Waals surface area contributed by atoms with Crippen molar-refractivity contribution in [1.29, 1.82) is 0 Å². The number of aliphatic hydroxyl groups is 1. The van der Waals surface area contributed by atoms with E-state index in [9.17, 15) is 9.90 Å². The molecule has 0 bridgehead atoms. The van der Waals surface area contributed by atoms with Gasteiger partial charge in [0.15, 0.2) is 0 Å². The first-order valence-corrected chi connectivity index (χ1v) is 7.97. The number of nitrogens with zero attached hydrogens (tertiary/aromatic N) is 1. The molecule has 1 amide bonds. The summed E-state index contributed by atoms with van der Waals surface area (Å²) in [6.07, 6.45) is 3.21. The van der Waals surface area contributed by atoms with Crippen LogP contribution in [0.1, 0.15) is 33.1 Å². The zero-order chi connectivity index (χ0) is 15.9. The van der Waals surface area contributed by atoms with Crippen LogP contribution in [0, 0.1) is 0 Å². The minimum absolute atomic E-state index is 0.0975. The van der Waals surface area contributed by atoms with Gasteiger partial charge in [0.05, 0.1) is 0 Å². The topological polar surface area (TPSA) is 61.8 Å². The largest absolute Gasteiger partial charge is 0.491 e. The maximum atomic E-state index is 10.9. The fraction of sp³-hybridized carbons (Fsp3) is 0.588. The molecular formula is C17H26N2O3. The van der Waals surface area contributed by atoms with Crippen molar-refractivity contribution in [2.75, 3.05) is 25.0 Å². The Hall–Kier alpha value is -1.59. The molecule has 2 N–H and O–H groups in total. The van der Waals surface area contributed by atoms with Gasteiger partial charge >= 0.3 is 0 Å². The Balaban J connectivity index is 1.75. The van der Waals surface area contributed by atoms with Crippen LogP contribution in [0.4, 0.5) is 5.69 Å². The number of amides is 1. The Morgan fingerprint density at radius 2 is 2.14 bits per heavy atom. The second-order valence-electron chi connectivity index (χ2n) is 6.01. The number of hydrogen-bond acceptors (Lipinski definition) is 4. The van der Waals surface area contributed by atoms with Crippen molar-refractivity contribution in [3.05, 3.63) is 24.3 Å². The van der Waals surface area contributed by atoms with Crippen molar-refractivity contribution < 1.29 is 14.6 Å². The number of benzene rings is 1. The van der Waals surface area contributed by atoms with E-state index in [0.717, 1.165) is 12.2 Å². The molecule has 5 nitrogen and oxygen atoms in total. The van der Waals surface area contributed by atoms with E-state index in [2.05, 4.69) is 17.1 Å². The van der Waals surface area contributed by atoms with Crippen LogP contribution in [-0.4, -0.2) is 47.8 Å².